The summed E-state index contributed by atoms with van der Waals surface area (Å²) in [5, 5.41) is 0. The number of esters is 1. The molecule has 1 unspecified atom stereocenters. The van der Waals surface area contributed by atoms with Crippen molar-refractivity contribution in [3.8, 4) is 5.75 Å². The van der Waals surface area contributed by atoms with Crippen LogP contribution in [0.25, 0.3) is 0 Å². The number of rotatable bonds is 8. The van der Waals surface area contributed by atoms with E-state index in [9.17, 15) is 13.2 Å². The zero-order valence-corrected chi connectivity index (χ0v) is 13.2. The van der Waals surface area contributed by atoms with E-state index >= 15 is 0 Å². The molecule has 0 radical (unpaired) electrons. The van der Waals surface area contributed by atoms with Crippen molar-refractivity contribution >= 4 is 16.1 Å². The Morgan fingerprint density at radius 3 is 2.57 bits per heavy atom. The Morgan fingerprint density at radius 1 is 1.29 bits per heavy atom. The van der Waals surface area contributed by atoms with Gasteiger partial charge in [0.05, 0.1) is 26.6 Å². The first-order chi connectivity index (χ1) is 9.80. The van der Waals surface area contributed by atoms with Crippen LogP contribution in [0.15, 0.2) is 24.3 Å². The minimum Gasteiger partial charge on any atom is -0.497 e. The molecule has 21 heavy (non-hydrogen) atoms. The first-order valence-corrected chi connectivity index (χ1v) is 8.22. The second-order valence-corrected chi connectivity index (χ2v) is 6.36. The molecule has 0 bridgehead atoms. The molecule has 0 spiro atoms. The summed E-state index contributed by atoms with van der Waals surface area (Å²) in [5.41, 5.74) is 0.948. The molecule has 0 saturated carbocycles. The van der Waals surface area contributed by atoms with Crippen LogP contribution in [0.1, 0.15) is 12.5 Å². The summed E-state index contributed by atoms with van der Waals surface area (Å²) in [6.07, 6.45) is 1.50. The van der Waals surface area contributed by atoms with Gasteiger partial charge in [0.1, 0.15) is 5.75 Å². The third-order valence-electron chi connectivity index (χ3n) is 2.70. The molecule has 118 valence electrons. The molecule has 0 saturated heterocycles. The molecule has 6 nitrogen and oxygen atoms in total. The van der Waals surface area contributed by atoms with Gasteiger partial charge in [-0.2, -0.15) is 8.42 Å². The molecule has 7 heteroatoms. The normalized spacial score (nSPS) is 12.7. The fourth-order valence-electron chi connectivity index (χ4n) is 1.75. The predicted molar refractivity (Wildman–Crippen MR) is 77.6 cm³/mol. The standard InChI is InChI=1S/C14H20O6S/c1-11(15)19-9-13(10-20-21(3,16)17)7-12-5-4-6-14(8-12)18-2/h4-6,8,13H,7,9-10H2,1-3H3. The Labute approximate surface area is 125 Å². The molecule has 0 fully saturated rings. The van der Waals surface area contributed by atoms with Gasteiger partial charge in [-0.05, 0) is 24.1 Å². The molecule has 0 aliphatic rings. The topological polar surface area (TPSA) is 78.9 Å². The van der Waals surface area contributed by atoms with E-state index in [0.29, 0.717) is 12.2 Å². The van der Waals surface area contributed by atoms with E-state index in [1.165, 1.54) is 6.92 Å². The van der Waals surface area contributed by atoms with Gasteiger partial charge in [0.25, 0.3) is 10.1 Å². The van der Waals surface area contributed by atoms with Crippen molar-refractivity contribution in [2.75, 3.05) is 26.6 Å². The van der Waals surface area contributed by atoms with Crippen LogP contribution in [-0.2, 0) is 30.3 Å². The largest absolute Gasteiger partial charge is 0.497 e. The first-order valence-electron chi connectivity index (χ1n) is 6.41. The Morgan fingerprint density at radius 2 is 2.00 bits per heavy atom. The number of carbonyl (C=O) groups is 1. The van der Waals surface area contributed by atoms with Crippen LogP contribution in [0.5, 0.6) is 5.75 Å². The maximum atomic E-state index is 11.1. The molecule has 1 rings (SSSR count). The average molecular weight is 316 g/mol. The summed E-state index contributed by atoms with van der Waals surface area (Å²) in [6, 6.07) is 7.40. The summed E-state index contributed by atoms with van der Waals surface area (Å²) in [4.78, 5) is 10.9. The van der Waals surface area contributed by atoms with Crippen LogP contribution >= 0.6 is 0 Å². The van der Waals surface area contributed by atoms with Gasteiger partial charge in [-0.3, -0.25) is 8.98 Å². The summed E-state index contributed by atoms with van der Waals surface area (Å²) < 4.78 is 37.0. The maximum absolute atomic E-state index is 11.1. The van der Waals surface area contributed by atoms with E-state index in [0.717, 1.165) is 11.8 Å². The minimum absolute atomic E-state index is 0.0384. The molecule has 0 N–H and O–H groups in total. The SMILES string of the molecule is COc1cccc(CC(COC(C)=O)COS(C)(=O)=O)c1. The average Bonchev–Trinajstić information content (AvgIpc) is 2.41. The third kappa shape index (κ3) is 7.67. The van der Waals surface area contributed by atoms with E-state index in [1.807, 2.05) is 24.3 Å². The van der Waals surface area contributed by atoms with Crippen LogP contribution in [0.2, 0.25) is 0 Å². The predicted octanol–water partition coefficient (Wildman–Crippen LogP) is 1.39. The van der Waals surface area contributed by atoms with Crippen molar-refractivity contribution in [2.24, 2.45) is 5.92 Å². The van der Waals surface area contributed by atoms with E-state index in [1.54, 1.807) is 7.11 Å². The molecular weight excluding hydrogens is 296 g/mol. The third-order valence-corrected chi connectivity index (χ3v) is 3.26. The van der Waals surface area contributed by atoms with Gasteiger partial charge < -0.3 is 9.47 Å². The number of ether oxygens (including phenoxy) is 2. The second-order valence-electron chi connectivity index (χ2n) is 4.71. The summed E-state index contributed by atoms with van der Waals surface area (Å²) in [6.45, 7) is 1.37. The van der Waals surface area contributed by atoms with Crippen molar-refractivity contribution in [3.05, 3.63) is 29.8 Å². The van der Waals surface area contributed by atoms with Crippen molar-refractivity contribution in [1.29, 1.82) is 0 Å². The number of methoxy groups -OCH3 is 1. The quantitative estimate of drug-likeness (QED) is 0.533. The zero-order valence-electron chi connectivity index (χ0n) is 12.4. The zero-order chi connectivity index (χ0) is 15.9. The van der Waals surface area contributed by atoms with E-state index in [2.05, 4.69) is 0 Å². The van der Waals surface area contributed by atoms with Crippen LogP contribution < -0.4 is 4.74 Å². The highest BCUT2D eigenvalue weighted by molar-refractivity contribution is 7.85. The van der Waals surface area contributed by atoms with Crippen LogP contribution in [0.3, 0.4) is 0 Å². The fraction of sp³-hybridized carbons (Fsp3) is 0.500. The molecule has 0 heterocycles. The smallest absolute Gasteiger partial charge is 0.302 e. The number of hydrogen-bond donors (Lipinski definition) is 0. The molecular formula is C14H20O6S. The molecule has 1 aromatic carbocycles. The highest BCUT2D eigenvalue weighted by Gasteiger charge is 2.15. The molecule has 0 aliphatic heterocycles. The second kappa shape index (κ2) is 7.99. The van der Waals surface area contributed by atoms with Gasteiger partial charge >= 0.3 is 5.97 Å². The van der Waals surface area contributed by atoms with Crippen LogP contribution in [0.4, 0.5) is 0 Å². The molecule has 0 amide bonds. The van der Waals surface area contributed by atoms with E-state index in [4.69, 9.17) is 13.7 Å². The van der Waals surface area contributed by atoms with Gasteiger partial charge in [0.2, 0.25) is 0 Å². The lowest BCUT2D eigenvalue weighted by Gasteiger charge is -2.16. The van der Waals surface area contributed by atoms with Crippen molar-refractivity contribution in [1.82, 2.24) is 0 Å². The Kier molecular flexibility index (Phi) is 6.64. The molecule has 0 aliphatic carbocycles. The number of hydrogen-bond acceptors (Lipinski definition) is 6. The van der Waals surface area contributed by atoms with Gasteiger partial charge in [0, 0.05) is 12.8 Å². The van der Waals surface area contributed by atoms with Gasteiger partial charge in [-0.15, -0.1) is 0 Å². The van der Waals surface area contributed by atoms with Crippen molar-refractivity contribution in [3.63, 3.8) is 0 Å². The van der Waals surface area contributed by atoms with Gasteiger partial charge in [0.15, 0.2) is 0 Å². The Hall–Kier alpha value is -1.60. The van der Waals surface area contributed by atoms with Crippen molar-refractivity contribution < 1.29 is 26.9 Å². The lowest BCUT2D eigenvalue weighted by Crippen LogP contribution is -2.22. The number of carbonyl (C=O) groups excluding carboxylic acids is 1. The lowest BCUT2D eigenvalue weighted by atomic mass is 10.0. The van der Waals surface area contributed by atoms with E-state index < -0.39 is 16.1 Å². The molecule has 1 aromatic rings. The highest BCUT2D eigenvalue weighted by Crippen LogP contribution is 2.17. The maximum Gasteiger partial charge on any atom is 0.302 e. The first kappa shape index (κ1) is 17.5. The van der Waals surface area contributed by atoms with E-state index in [-0.39, 0.29) is 19.1 Å². The van der Waals surface area contributed by atoms with Crippen molar-refractivity contribution in [2.45, 2.75) is 13.3 Å². The summed E-state index contributed by atoms with van der Waals surface area (Å²) in [5.74, 6) is 0.0449. The molecule has 0 aromatic heterocycles. The molecule has 1 atom stereocenters. The lowest BCUT2D eigenvalue weighted by molar-refractivity contribution is -0.142. The Balaban J connectivity index is 2.72. The minimum atomic E-state index is -3.53. The van der Waals surface area contributed by atoms with Gasteiger partial charge in [-0.25, -0.2) is 0 Å². The van der Waals surface area contributed by atoms with Crippen LogP contribution in [-0.4, -0.2) is 41.0 Å². The van der Waals surface area contributed by atoms with Gasteiger partial charge in [-0.1, -0.05) is 12.1 Å². The Bertz CT molecular complexity index is 567. The summed E-state index contributed by atoms with van der Waals surface area (Å²) >= 11 is 0. The summed E-state index contributed by atoms with van der Waals surface area (Å²) in [7, 11) is -1.96. The fourth-order valence-corrected chi connectivity index (χ4v) is 2.19. The monoisotopic (exact) mass is 316 g/mol. The van der Waals surface area contributed by atoms with Crippen LogP contribution in [0, 0.1) is 5.92 Å². The number of benzene rings is 1. The highest BCUT2D eigenvalue weighted by atomic mass is 32.2.